The number of methoxy groups -OCH3 is 1. The number of nitrogens with one attached hydrogen (secondary N) is 1. The van der Waals surface area contributed by atoms with Crippen LogP contribution in [0.1, 0.15) is 31.4 Å². The number of fused-ring (bicyclic) bond motifs is 1. The van der Waals surface area contributed by atoms with Crippen molar-refractivity contribution < 1.29 is 4.74 Å². The SMILES string of the molecule is CCN1C[C@H](Nc2cc(C3CC3)nn3cnnc23)[C@@H](OC)C1. The molecule has 0 bridgehead atoms. The largest absolute Gasteiger partial charge is 0.378 e. The summed E-state index contributed by atoms with van der Waals surface area (Å²) in [7, 11) is 1.79. The van der Waals surface area contributed by atoms with Gasteiger partial charge in [-0.1, -0.05) is 6.92 Å². The predicted molar refractivity (Wildman–Crippen MR) is 83.1 cm³/mol. The highest BCUT2D eigenvalue weighted by Gasteiger charge is 2.33. The van der Waals surface area contributed by atoms with Gasteiger partial charge in [0.2, 0.25) is 5.65 Å². The number of ether oxygens (including phenoxy) is 1. The van der Waals surface area contributed by atoms with Crippen LogP contribution in [-0.4, -0.2) is 63.6 Å². The molecule has 2 aliphatic rings. The van der Waals surface area contributed by atoms with Crippen molar-refractivity contribution in [2.24, 2.45) is 0 Å². The van der Waals surface area contributed by atoms with Gasteiger partial charge >= 0.3 is 0 Å². The first-order valence-corrected chi connectivity index (χ1v) is 8.01. The van der Waals surface area contributed by atoms with Gasteiger partial charge < -0.3 is 10.1 Å². The zero-order valence-electron chi connectivity index (χ0n) is 13.1. The number of likely N-dealkylation sites (N-methyl/N-ethyl adjacent to an activating group) is 1. The van der Waals surface area contributed by atoms with Crippen LogP contribution in [0.4, 0.5) is 5.69 Å². The molecule has 7 nitrogen and oxygen atoms in total. The van der Waals surface area contributed by atoms with Crippen molar-refractivity contribution in [3.8, 4) is 0 Å². The topological polar surface area (TPSA) is 67.6 Å². The number of aromatic nitrogens is 4. The van der Waals surface area contributed by atoms with Gasteiger partial charge in [0.15, 0.2) is 0 Å². The minimum Gasteiger partial charge on any atom is -0.378 e. The van der Waals surface area contributed by atoms with Gasteiger partial charge in [-0.3, -0.25) is 4.90 Å². The number of rotatable bonds is 5. The van der Waals surface area contributed by atoms with Gasteiger partial charge in [0.05, 0.1) is 23.5 Å². The lowest BCUT2D eigenvalue weighted by atomic mass is 10.2. The molecule has 2 aromatic heterocycles. The van der Waals surface area contributed by atoms with E-state index in [0.717, 1.165) is 36.7 Å². The zero-order valence-corrected chi connectivity index (χ0v) is 13.1. The van der Waals surface area contributed by atoms with E-state index in [2.05, 4.69) is 38.5 Å². The van der Waals surface area contributed by atoms with Crippen LogP contribution < -0.4 is 5.32 Å². The third kappa shape index (κ3) is 2.44. The summed E-state index contributed by atoms with van der Waals surface area (Å²) >= 11 is 0. The number of anilines is 1. The Morgan fingerprint density at radius 3 is 2.95 bits per heavy atom. The number of nitrogens with zero attached hydrogens (tertiary/aromatic N) is 5. The van der Waals surface area contributed by atoms with Gasteiger partial charge in [-0.15, -0.1) is 10.2 Å². The first kappa shape index (κ1) is 13.9. The van der Waals surface area contributed by atoms with Crippen LogP contribution in [0.5, 0.6) is 0 Å². The molecule has 118 valence electrons. The molecule has 0 radical (unpaired) electrons. The highest BCUT2D eigenvalue weighted by molar-refractivity contribution is 5.67. The highest BCUT2D eigenvalue weighted by Crippen LogP contribution is 2.40. The summed E-state index contributed by atoms with van der Waals surface area (Å²) in [6, 6.07) is 2.41. The molecule has 1 N–H and O–H groups in total. The predicted octanol–water partition coefficient (Wildman–Crippen LogP) is 1.13. The average Bonchev–Trinajstić information content (AvgIpc) is 3.14. The molecule has 0 unspecified atom stereocenters. The van der Waals surface area contributed by atoms with Crippen molar-refractivity contribution in [3.05, 3.63) is 18.1 Å². The van der Waals surface area contributed by atoms with Crippen LogP contribution >= 0.6 is 0 Å². The van der Waals surface area contributed by atoms with Gasteiger partial charge in [-0.05, 0) is 25.5 Å². The van der Waals surface area contributed by atoms with Gasteiger partial charge in [-0.2, -0.15) is 9.61 Å². The Morgan fingerprint density at radius 2 is 2.23 bits per heavy atom. The second-order valence-corrected chi connectivity index (χ2v) is 6.23. The summed E-state index contributed by atoms with van der Waals surface area (Å²) in [4.78, 5) is 2.40. The first-order chi connectivity index (χ1) is 10.8. The number of likely N-dealkylation sites (tertiary alicyclic amines) is 1. The van der Waals surface area contributed by atoms with E-state index >= 15 is 0 Å². The Labute approximate surface area is 129 Å². The fourth-order valence-electron chi connectivity index (χ4n) is 3.22. The Bertz CT molecular complexity index is 667. The second kappa shape index (κ2) is 5.48. The molecule has 2 atom stereocenters. The normalized spacial score (nSPS) is 25.9. The second-order valence-electron chi connectivity index (χ2n) is 6.23. The maximum absolute atomic E-state index is 5.65. The molecule has 0 aromatic carbocycles. The van der Waals surface area contributed by atoms with E-state index in [0.29, 0.717) is 5.92 Å². The van der Waals surface area contributed by atoms with Gasteiger partial charge in [0.25, 0.3) is 0 Å². The quantitative estimate of drug-likeness (QED) is 0.893. The van der Waals surface area contributed by atoms with Gasteiger partial charge in [0, 0.05) is 26.1 Å². The monoisotopic (exact) mass is 302 g/mol. The molecule has 7 heteroatoms. The lowest BCUT2D eigenvalue weighted by molar-refractivity contribution is 0.103. The Hall–Kier alpha value is -1.73. The minimum absolute atomic E-state index is 0.195. The molecule has 2 fully saturated rings. The summed E-state index contributed by atoms with van der Waals surface area (Å²) in [6.07, 6.45) is 4.33. The van der Waals surface area contributed by atoms with Crippen molar-refractivity contribution in [1.82, 2.24) is 24.7 Å². The Morgan fingerprint density at radius 1 is 1.36 bits per heavy atom. The van der Waals surface area contributed by atoms with Crippen molar-refractivity contribution in [1.29, 1.82) is 0 Å². The van der Waals surface area contributed by atoms with Crippen molar-refractivity contribution in [2.75, 3.05) is 32.1 Å². The molecule has 4 rings (SSSR count). The Balaban J connectivity index is 1.64. The average molecular weight is 302 g/mol. The summed E-state index contributed by atoms with van der Waals surface area (Å²) in [6.45, 7) is 5.18. The van der Waals surface area contributed by atoms with Gasteiger partial charge in [0.1, 0.15) is 6.33 Å². The molecule has 22 heavy (non-hydrogen) atoms. The molecule has 0 amide bonds. The summed E-state index contributed by atoms with van der Waals surface area (Å²) in [5.74, 6) is 0.598. The molecule has 1 saturated carbocycles. The highest BCUT2D eigenvalue weighted by atomic mass is 16.5. The van der Waals surface area contributed by atoms with Crippen molar-refractivity contribution in [2.45, 2.75) is 37.8 Å². The maximum Gasteiger partial charge on any atom is 0.200 e. The van der Waals surface area contributed by atoms with Crippen molar-refractivity contribution in [3.63, 3.8) is 0 Å². The van der Waals surface area contributed by atoms with E-state index in [1.165, 1.54) is 12.8 Å². The van der Waals surface area contributed by atoms with Crippen LogP contribution in [0.2, 0.25) is 0 Å². The van der Waals surface area contributed by atoms with E-state index in [9.17, 15) is 0 Å². The smallest absolute Gasteiger partial charge is 0.200 e. The summed E-state index contributed by atoms with van der Waals surface area (Å²) in [5.41, 5.74) is 2.93. The molecule has 1 aliphatic heterocycles. The molecule has 2 aromatic rings. The van der Waals surface area contributed by atoms with Crippen LogP contribution in [-0.2, 0) is 4.74 Å². The van der Waals surface area contributed by atoms with Crippen LogP contribution in [0.25, 0.3) is 5.65 Å². The molecule has 0 spiro atoms. The fourth-order valence-corrected chi connectivity index (χ4v) is 3.22. The zero-order chi connectivity index (χ0) is 15.1. The molecular weight excluding hydrogens is 280 g/mol. The van der Waals surface area contributed by atoms with E-state index in [1.807, 2.05) is 0 Å². The summed E-state index contributed by atoms with van der Waals surface area (Å²) < 4.78 is 7.43. The lowest BCUT2D eigenvalue weighted by Crippen LogP contribution is -2.33. The van der Waals surface area contributed by atoms with Crippen LogP contribution in [0, 0.1) is 0 Å². The third-order valence-electron chi connectivity index (χ3n) is 4.72. The van der Waals surface area contributed by atoms with E-state index in [1.54, 1.807) is 18.0 Å². The van der Waals surface area contributed by atoms with E-state index < -0.39 is 0 Å². The van der Waals surface area contributed by atoms with Crippen LogP contribution in [0.3, 0.4) is 0 Å². The fraction of sp³-hybridized carbons (Fsp3) is 0.667. The van der Waals surface area contributed by atoms with Gasteiger partial charge in [-0.25, -0.2) is 0 Å². The minimum atomic E-state index is 0.195. The van der Waals surface area contributed by atoms with Crippen molar-refractivity contribution >= 4 is 11.3 Å². The molecule has 1 aliphatic carbocycles. The molecular formula is C15H22N6O. The molecule has 1 saturated heterocycles. The molecule has 3 heterocycles. The summed E-state index contributed by atoms with van der Waals surface area (Å²) in [5, 5.41) is 16.4. The first-order valence-electron chi connectivity index (χ1n) is 8.01. The number of hydrogen-bond acceptors (Lipinski definition) is 6. The number of hydrogen-bond donors (Lipinski definition) is 1. The van der Waals surface area contributed by atoms with Crippen LogP contribution in [0.15, 0.2) is 12.4 Å². The third-order valence-corrected chi connectivity index (χ3v) is 4.72. The van der Waals surface area contributed by atoms with E-state index in [-0.39, 0.29) is 12.1 Å². The standard InChI is InChI=1S/C15H22N6O/c1-3-20-7-13(14(8-20)22-2)17-12-6-11(10-4-5-10)19-21-9-16-18-15(12)21/h6,9-10,13-14,17H,3-5,7-8H2,1-2H3/t13-,14-/m0/s1. The lowest BCUT2D eigenvalue weighted by Gasteiger charge is -2.20. The maximum atomic E-state index is 5.65. The van der Waals surface area contributed by atoms with E-state index in [4.69, 9.17) is 4.74 Å². The Kier molecular flexibility index (Phi) is 3.46.